The van der Waals surface area contributed by atoms with Gasteiger partial charge in [-0.3, -0.25) is 0 Å². The van der Waals surface area contributed by atoms with Crippen LogP contribution in [0.5, 0.6) is 0 Å². The van der Waals surface area contributed by atoms with Crippen LogP contribution < -0.4 is 0 Å². The Bertz CT molecular complexity index is 2630. The van der Waals surface area contributed by atoms with Crippen LogP contribution in [-0.4, -0.2) is 75.5 Å². The molecule has 75 heavy (non-hydrogen) atoms. The molecule has 0 aliphatic heterocycles. The normalized spacial score (nSPS) is 23.8. The van der Waals surface area contributed by atoms with E-state index in [9.17, 15) is 28.8 Å². The number of hydrogen-bond donors (Lipinski definition) is 0. The summed E-state index contributed by atoms with van der Waals surface area (Å²) >= 11 is 0. The predicted molar refractivity (Wildman–Crippen MR) is 278 cm³/mol. The minimum absolute atomic E-state index is 0.0284. The van der Waals surface area contributed by atoms with Crippen molar-refractivity contribution >= 4 is 35.8 Å². The fourth-order valence-corrected chi connectivity index (χ4v) is 12.2. The molecule has 0 N–H and O–H groups in total. The molecule has 0 spiro atoms. The Hall–Kier alpha value is -7.86. The molecule has 3 saturated carbocycles. The van der Waals surface area contributed by atoms with E-state index in [2.05, 4.69) is 0 Å². The van der Waals surface area contributed by atoms with Crippen molar-refractivity contribution in [3.05, 3.63) is 215 Å². The largest absolute Gasteiger partial charge is 0.462 e. The van der Waals surface area contributed by atoms with Gasteiger partial charge in [0.2, 0.25) is 0 Å². The Morgan fingerprint density at radius 2 is 0.493 bits per heavy atom. The SMILES string of the molecule is O=C(OCC1CC(COC(=O)c2ccccc2)[C@H](C2CCC([C@@H]3C(COC(=O)c4ccccc4)CC(COC(=O)c4ccccc4)C3COC(=O)c3ccccc3)C2)C1COC(=O)c1ccccc1)c1ccccc1. The molecule has 6 aromatic carbocycles. The maximum absolute atomic E-state index is 13.7. The average molecular weight is 1010 g/mol. The van der Waals surface area contributed by atoms with Gasteiger partial charge in [0, 0.05) is 11.8 Å². The van der Waals surface area contributed by atoms with Gasteiger partial charge in [0.15, 0.2) is 0 Å². The van der Waals surface area contributed by atoms with E-state index in [1.54, 1.807) is 146 Å². The second-order valence-electron chi connectivity index (χ2n) is 20.1. The maximum Gasteiger partial charge on any atom is 0.338 e. The summed E-state index contributed by atoms with van der Waals surface area (Å²) in [5.41, 5.74) is 2.52. The zero-order valence-electron chi connectivity index (χ0n) is 41.8. The van der Waals surface area contributed by atoms with Gasteiger partial charge in [0.05, 0.1) is 73.0 Å². The Labute approximate surface area is 437 Å². The van der Waals surface area contributed by atoms with Crippen LogP contribution in [0.25, 0.3) is 0 Å². The highest BCUT2D eigenvalue weighted by molar-refractivity contribution is 5.91. The average Bonchev–Trinajstić information content (AvgIpc) is 4.19. The van der Waals surface area contributed by atoms with Crippen LogP contribution >= 0.6 is 0 Å². The fraction of sp³-hybridized carbons (Fsp3) is 0.333. The summed E-state index contributed by atoms with van der Waals surface area (Å²) in [7, 11) is 0. The molecule has 0 aromatic heterocycles. The van der Waals surface area contributed by atoms with E-state index in [4.69, 9.17) is 28.4 Å². The number of esters is 6. The molecule has 12 heteroatoms. The first-order valence-corrected chi connectivity index (χ1v) is 26.0. The lowest BCUT2D eigenvalue weighted by Gasteiger charge is -2.34. The van der Waals surface area contributed by atoms with Crippen LogP contribution in [0.15, 0.2) is 182 Å². The summed E-state index contributed by atoms with van der Waals surface area (Å²) in [4.78, 5) is 81.4. The summed E-state index contributed by atoms with van der Waals surface area (Å²) in [6.45, 7) is 0.412. The summed E-state index contributed by atoms with van der Waals surface area (Å²) in [6, 6.07) is 52.9. The van der Waals surface area contributed by atoms with E-state index < -0.39 is 35.8 Å². The number of carbonyl (C=O) groups excluding carboxylic acids is 6. The Balaban J connectivity index is 1.02. The quantitative estimate of drug-likeness (QED) is 0.0527. The monoisotopic (exact) mass is 1010 g/mol. The topological polar surface area (TPSA) is 158 Å². The van der Waals surface area contributed by atoms with Gasteiger partial charge < -0.3 is 28.4 Å². The van der Waals surface area contributed by atoms with E-state index in [1.807, 2.05) is 36.4 Å². The van der Waals surface area contributed by atoms with Gasteiger partial charge in [0.25, 0.3) is 0 Å². The third-order valence-electron chi connectivity index (χ3n) is 15.7. The van der Waals surface area contributed by atoms with Crippen LogP contribution in [0, 0.1) is 59.2 Å². The summed E-state index contributed by atoms with van der Waals surface area (Å²) in [6.07, 6.45) is 3.33. The molecule has 9 rings (SSSR count). The summed E-state index contributed by atoms with van der Waals surface area (Å²) in [5, 5.41) is 0. The number of benzene rings is 6. The molecule has 0 amide bonds. The molecule has 3 fully saturated rings. The van der Waals surface area contributed by atoms with Crippen molar-refractivity contribution in [3.63, 3.8) is 0 Å². The molecule has 0 heterocycles. The van der Waals surface area contributed by atoms with Crippen molar-refractivity contribution in [1.82, 2.24) is 0 Å². The van der Waals surface area contributed by atoms with Crippen molar-refractivity contribution in [2.45, 2.75) is 32.1 Å². The van der Waals surface area contributed by atoms with Gasteiger partial charge in [-0.25, -0.2) is 28.8 Å². The first-order chi connectivity index (χ1) is 36.7. The Kier molecular flexibility index (Phi) is 17.6. The van der Waals surface area contributed by atoms with Crippen LogP contribution in [-0.2, 0) is 28.4 Å². The van der Waals surface area contributed by atoms with Crippen LogP contribution in [0.2, 0.25) is 0 Å². The third-order valence-corrected chi connectivity index (χ3v) is 15.7. The molecule has 0 bridgehead atoms. The molecule has 10 atom stereocenters. The number of ether oxygens (including phenoxy) is 6. The van der Waals surface area contributed by atoms with E-state index >= 15 is 0 Å². The van der Waals surface area contributed by atoms with Crippen molar-refractivity contribution < 1.29 is 57.2 Å². The second-order valence-corrected chi connectivity index (χ2v) is 20.1. The Morgan fingerprint density at radius 1 is 0.280 bits per heavy atom. The molecule has 3 aliphatic carbocycles. The minimum atomic E-state index is -0.469. The van der Waals surface area contributed by atoms with Crippen LogP contribution in [0.4, 0.5) is 0 Å². The number of hydrogen-bond acceptors (Lipinski definition) is 12. The molecular weight excluding hydrogens is 949 g/mol. The Morgan fingerprint density at radius 3 is 0.733 bits per heavy atom. The predicted octanol–water partition coefficient (Wildman–Crippen LogP) is 11.3. The lowest BCUT2D eigenvalue weighted by Crippen LogP contribution is -2.34. The molecule has 0 saturated heterocycles. The maximum atomic E-state index is 13.7. The van der Waals surface area contributed by atoms with Gasteiger partial charge in [0.1, 0.15) is 0 Å². The molecule has 8 unspecified atom stereocenters. The van der Waals surface area contributed by atoms with E-state index in [0.717, 1.165) is 12.8 Å². The fourth-order valence-electron chi connectivity index (χ4n) is 12.2. The van der Waals surface area contributed by atoms with Crippen molar-refractivity contribution in [2.24, 2.45) is 59.2 Å². The molecule has 12 nitrogen and oxygen atoms in total. The van der Waals surface area contributed by atoms with E-state index in [0.29, 0.717) is 52.6 Å². The minimum Gasteiger partial charge on any atom is -0.462 e. The van der Waals surface area contributed by atoms with Crippen LogP contribution in [0.1, 0.15) is 94.3 Å². The van der Waals surface area contributed by atoms with Gasteiger partial charge in [-0.05, 0) is 152 Å². The lowest BCUT2D eigenvalue weighted by atomic mass is 9.73. The first-order valence-electron chi connectivity index (χ1n) is 26.0. The zero-order valence-corrected chi connectivity index (χ0v) is 41.8. The number of rotatable bonds is 20. The smallest absolute Gasteiger partial charge is 0.338 e. The number of carbonyl (C=O) groups is 6. The van der Waals surface area contributed by atoms with Gasteiger partial charge in [-0.1, -0.05) is 109 Å². The van der Waals surface area contributed by atoms with Crippen molar-refractivity contribution in [3.8, 4) is 0 Å². The standard InChI is InChI=1S/C63H62O12/c64-58(42-19-7-1-8-20-42)70-36-50-34-52(38-72-60(66)44-23-11-3-12-24-44)56(54(50)40-74-62(68)46-27-15-5-16-28-46)48-31-32-49(33-48)57-53(39-73-61(67)45-25-13-4-14-26-45)35-51(37-71-59(65)43-21-9-2-10-22-43)55(57)41-75-63(69)47-29-17-6-18-30-47/h1-30,48-57H,31-41H2/t48?,49?,50?,51?,52?,53?,54?,55?,56-,57+. The highest BCUT2D eigenvalue weighted by atomic mass is 16.6. The second kappa shape index (κ2) is 25.4. The van der Waals surface area contributed by atoms with Crippen LogP contribution in [0.3, 0.4) is 0 Å². The summed E-state index contributed by atoms with van der Waals surface area (Å²) < 4.78 is 36.7. The third kappa shape index (κ3) is 13.3. The molecule has 386 valence electrons. The van der Waals surface area contributed by atoms with E-state index in [1.165, 1.54) is 0 Å². The van der Waals surface area contributed by atoms with Gasteiger partial charge >= 0.3 is 35.8 Å². The highest BCUT2D eigenvalue weighted by Gasteiger charge is 2.54. The van der Waals surface area contributed by atoms with Gasteiger partial charge in [-0.2, -0.15) is 0 Å². The zero-order chi connectivity index (χ0) is 51.9. The van der Waals surface area contributed by atoms with E-state index in [-0.39, 0.29) is 98.8 Å². The molecular formula is C63H62O12. The summed E-state index contributed by atoms with van der Waals surface area (Å²) in [5.74, 6) is -4.46. The molecule has 6 aromatic rings. The highest BCUT2D eigenvalue weighted by Crippen LogP contribution is 2.57. The van der Waals surface area contributed by atoms with Gasteiger partial charge in [-0.15, -0.1) is 0 Å². The van der Waals surface area contributed by atoms with Crippen molar-refractivity contribution in [1.29, 1.82) is 0 Å². The lowest BCUT2D eigenvalue weighted by molar-refractivity contribution is 0.00970. The van der Waals surface area contributed by atoms with Crippen molar-refractivity contribution in [2.75, 3.05) is 39.6 Å². The molecule has 3 aliphatic rings. The first kappa shape index (κ1) is 52.0. The molecule has 0 radical (unpaired) electrons.